The average molecular weight is 309 g/mol. The van der Waals surface area contributed by atoms with Gasteiger partial charge in [0, 0.05) is 6.42 Å². The molecular weight excluding hydrogens is 293 g/mol. The van der Waals surface area contributed by atoms with Crippen LogP contribution < -0.4 is 5.32 Å². The van der Waals surface area contributed by atoms with Crippen LogP contribution in [0.4, 0.5) is 10.1 Å². The first kappa shape index (κ1) is 15.2. The maximum absolute atomic E-state index is 13.6. The second-order valence-corrected chi connectivity index (χ2v) is 5.33. The van der Waals surface area contributed by atoms with Gasteiger partial charge in [-0.15, -0.1) is 0 Å². The zero-order chi connectivity index (χ0) is 16.2. The molecule has 116 valence electrons. The second kappa shape index (κ2) is 6.58. The normalized spacial score (nSPS) is 12.1. The number of anilines is 1. The highest BCUT2D eigenvalue weighted by atomic mass is 19.1. The van der Waals surface area contributed by atoms with E-state index < -0.39 is 17.8 Å². The summed E-state index contributed by atoms with van der Waals surface area (Å²) < 4.78 is 13.6. The first-order chi connectivity index (χ1) is 11.1. The number of nitrogens with one attached hydrogen (secondary N) is 1. The van der Waals surface area contributed by atoms with E-state index in [1.807, 2.05) is 42.5 Å². The molecule has 0 spiro atoms. The number of rotatable bonds is 4. The van der Waals surface area contributed by atoms with Crippen molar-refractivity contribution in [2.24, 2.45) is 0 Å². The Morgan fingerprint density at radius 2 is 1.70 bits per heavy atom. The average Bonchev–Trinajstić information content (AvgIpc) is 2.57. The maximum atomic E-state index is 13.6. The molecule has 23 heavy (non-hydrogen) atoms. The van der Waals surface area contributed by atoms with Crippen molar-refractivity contribution in [3.8, 4) is 0 Å². The lowest BCUT2D eigenvalue weighted by Crippen LogP contribution is -2.29. The van der Waals surface area contributed by atoms with Gasteiger partial charge in [-0.05, 0) is 28.5 Å². The Labute approximate surface area is 133 Å². The highest BCUT2D eigenvalue weighted by molar-refractivity contribution is 5.95. The lowest BCUT2D eigenvalue weighted by atomic mass is 9.99. The molecule has 0 bridgehead atoms. The van der Waals surface area contributed by atoms with E-state index in [9.17, 15) is 14.3 Å². The number of para-hydroxylation sites is 1. The molecule has 3 nitrogen and oxygen atoms in total. The quantitative estimate of drug-likeness (QED) is 0.774. The van der Waals surface area contributed by atoms with E-state index in [1.165, 1.54) is 18.2 Å². The van der Waals surface area contributed by atoms with Crippen LogP contribution in [-0.2, 0) is 11.2 Å². The number of carbonyl (C=O) groups excluding carboxylic acids is 1. The van der Waals surface area contributed by atoms with E-state index in [2.05, 4.69) is 5.32 Å². The molecular formula is C19H16FNO2. The highest BCUT2D eigenvalue weighted by Crippen LogP contribution is 2.20. The molecule has 4 heteroatoms. The Morgan fingerprint density at radius 3 is 2.52 bits per heavy atom. The van der Waals surface area contributed by atoms with Gasteiger partial charge in [0.15, 0.2) is 0 Å². The van der Waals surface area contributed by atoms with Crippen molar-refractivity contribution in [1.29, 1.82) is 0 Å². The van der Waals surface area contributed by atoms with E-state index in [-0.39, 0.29) is 12.1 Å². The van der Waals surface area contributed by atoms with Crippen LogP contribution in [0.15, 0.2) is 66.7 Å². The molecule has 0 aromatic heterocycles. The van der Waals surface area contributed by atoms with Crippen LogP contribution in [0.1, 0.15) is 5.56 Å². The van der Waals surface area contributed by atoms with Gasteiger partial charge in [0.1, 0.15) is 11.9 Å². The number of carbonyl (C=O) groups is 1. The standard InChI is InChI=1S/C19H16FNO2/c20-16-10-3-4-11-17(16)21-19(23)18(22)12-14-8-5-7-13-6-1-2-9-15(13)14/h1-11,18,22H,12H2,(H,21,23). The topological polar surface area (TPSA) is 49.3 Å². The van der Waals surface area contributed by atoms with Crippen LogP contribution in [0.3, 0.4) is 0 Å². The summed E-state index contributed by atoms with van der Waals surface area (Å²) in [6, 6.07) is 19.4. The minimum absolute atomic E-state index is 0.0643. The Kier molecular flexibility index (Phi) is 4.35. The van der Waals surface area contributed by atoms with Gasteiger partial charge < -0.3 is 10.4 Å². The first-order valence-corrected chi connectivity index (χ1v) is 7.35. The molecule has 0 heterocycles. The molecule has 3 aromatic rings. The molecule has 1 atom stereocenters. The summed E-state index contributed by atoms with van der Waals surface area (Å²) >= 11 is 0. The number of amides is 1. The van der Waals surface area contributed by atoms with Crippen molar-refractivity contribution < 1.29 is 14.3 Å². The maximum Gasteiger partial charge on any atom is 0.253 e. The Morgan fingerprint density at radius 1 is 1.00 bits per heavy atom. The monoisotopic (exact) mass is 309 g/mol. The number of halogens is 1. The molecule has 1 amide bonds. The highest BCUT2D eigenvalue weighted by Gasteiger charge is 2.18. The van der Waals surface area contributed by atoms with E-state index in [4.69, 9.17) is 0 Å². The van der Waals surface area contributed by atoms with E-state index >= 15 is 0 Å². The van der Waals surface area contributed by atoms with Gasteiger partial charge in [0.25, 0.3) is 5.91 Å². The molecule has 0 aliphatic carbocycles. The predicted octanol–water partition coefficient (Wildman–Crippen LogP) is 3.52. The van der Waals surface area contributed by atoms with Gasteiger partial charge >= 0.3 is 0 Å². The molecule has 0 saturated carbocycles. The number of fused-ring (bicyclic) bond motifs is 1. The van der Waals surface area contributed by atoms with Crippen LogP contribution in [0, 0.1) is 5.82 Å². The Hall–Kier alpha value is -2.72. The van der Waals surface area contributed by atoms with Crippen molar-refractivity contribution in [3.63, 3.8) is 0 Å². The molecule has 3 rings (SSSR count). The fraction of sp³-hybridized carbons (Fsp3) is 0.105. The van der Waals surface area contributed by atoms with E-state index in [0.29, 0.717) is 0 Å². The summed E-state index contributed by atoms with van der Waals surface area (Å²) in [7, 11) is 0. The lowest BCUT2D eigenvalue weighted by Gasteiger charge is -2.13. The summed E-state index contributed by atoms with van der Waals surface area (Å²) in [6.07, 6.45) is -1.08. The summed E-state index contributed by atoms with van der Waals surface area (Å²) in [4.78, 5) is 12.1. The number of hydrogen-bond acceptors (Lipinski definition) is 2. The zero-order valence-electron chi connectivity index (χ0n) is 12.4. The molecule has 0 aliphatic heterocycles. The van der Waals surface area contributed by atoms with Crippen molar-refractivity contribution in [2.45, 2.75) is 12.5 Å². The smallest absolute Gasteiger partial charge is 0.253 e. The number of aliphatic hydroxyl groups is 1. The molecule has 3 aromatic carbocycles. The number of hydrogen-bond donors (Lipinski definition) is 2. The van der Waals surface area contributed by atoms with Crippen molar-refractivity contribution >= 4 is 22.4 Å². The minimum Gasteiger partial charge on any atom is -0.383 e. The summed E-state index contributed by atoms with van der Waals surface area (Å²) in [5.74, 6) is -1.15. The molecule has 0 saturated heterocycles. The molecule has 1 unspecified atom stereocenters. The van der Waals surface area contributed by atoms with Gasteiger partial charge in [0.05, 0.1) is 5.69 Å². The minimum atomic E-state index is -1.25. The predicted molar refractivity (Wildman–Crippen MR) is 88.7 cm³/mol. The SMILES string of the molecule is O=C(Nc1ccccc1F)C(O)Cc1cccc2ccccc12. The fourth-order valence-electron chi connectivity index (χ4n) is 2.55. The molecule has 0 radical (unpaired) electrons. The summed E-state index contributed by atoms with van der Waals surface area (Å²) in [6.45, 7) is 0. The van der Waals surface area contributed by atoms with Crippen LogP contribution in [-0.4, -0.2) is 17.1 Å². The third-order valence-corrected chi connectivity index (χ3v) is 3.73. The number of aliphatic hydroxyl groups excluding tert-OH is 1. The van der Waals surface area contributed by atoms with Gasteiger partial charge in [-0.2, -0.15) is 0 Å². The third-order valence-electron chi connectivity index (χ3n) is 3.73. The van der Waals surface area contributed by atoms with Crippen molar-refractivity contribution in [2.75, 3.05) is 5.32 Å². The third kappa shape index (κ3) is 3.38. The lowest BCUT2D eigenvalue weighted by molar-refractivity contribution is -0.123. The second-order valence-electron chi connectivity index (χ2n) is 5.33. The van der Waals surface area contributed by atoms with Gasteiger partial charge in [-0.3, -0.25) is 4.79 Å². The van der Waals surface area contributed by atoms with Crippen molar-refractivity contribution in [3.05, 3.63) is 78.1 Å². The van der Waals surface area contributed by atoms with Gasteiger partial charge in [0.2, 0.25) is 0 Å². The molecule has 0 aliphatic rings. The zero-order valence-corrected chi connectivity index (χ0v) is 12.4. The molecule has 2 N–H and O–H groups in total. The summed E-state index contributed by atoms with van der Waals surface area (Å²) in [5, 5.41) is 14.6. The Balaban J connectivity index is 1.77. The summed E-state index contributed by atoms with van der Waals surface area (Å²) in [5.41, 5.74) is 0.939. The van der Waals surface area contributed by atoms with Crippen LogP contribution in [0.25, 0.3) is 10.8 Å². The largest absolute Gasteiger partial charge is 0.383 e. The number of benzene rings is 3. The van der Waals surface area contributed by atoms with Crippen LogP contribution in [0.2, 0.25) is 0 Å². The van der Waals surface area contributed by atoms with Crippen LogP contribution >= 0.6 is 0 Å². The van der Waals surface area contributed by atoms with Crippen LogP contribution in [0.5, 0.6) is 0 Å². The van der Waals surface area contributed by atoms with Gasteiger partial charge in [-0.1, -0.05) is 54.6 Å². The molecule has 0 fully saturated rings. The first-order valence-electron chi connectivity index (χ1n) is 7.35. The van der Waals surface area contributed by atoms with E-state index in [1.54, 1.807) is 6.07 Å². The Bertz CT molecular complexity index is 842. The fourth-order valence-corrected chi connectivity index (χ4v) is 2.55. The van der Waals surface area contributed by atoms with E-state index in [0.717, 1.165) is 16.3 Å². The van der Waals surface area contributed by atoms with Crippen molar-refractivity contribution in [1.82, 2.24) is 0 Å². The van der Waals surface area contributed by atoms with Gasteiger partial charge in [-0.25, -0.2) is 4.39 Å².